The molecule has 0 saturated carbocycles. The van der Waals surface area contributed by atoms with Crippen molar-refractivity contribution in [3.8, 4) is 6.07 Å². The third-order valence-electron chi connectivity index (χ3n) is 4.23. The summed E-state index contributed by atoms with van der Waals surface area (Å²) in [6, 6.07) is 4.24. The second kappa shape index (κ2) is 6.19. The second-order valence-corrected chi connectivity index (χ2v) is 9.01. The number of pyridine rings is 1. The predicted octanol–water partition coefficient (Wildman–Crippen LogP) is 1.82. The number of thioether (sulfide) groups is 1. The summed E-state index contributed by atoms with van der Waals surface area (Å²) in [5.74, 6) is 1.16. The highest BCUT2D eigenvalue weighted by molar-refractivity contribution is 7.99. The number of nitrogens with zero attached hydrogens (tertiary/aromatic N) is 3. The van der Waals surface area contributed by atoms with Crippen LogP contribution in [-0.2, 0) is 22.9 Å². The zero-order chi connectivity index (χ0) is 15.7. The quantitative estimate of drug-likeness (QED) is 0.784. The minimum Gasteiger partial charge on any atom is -0.245 e. The molecule has 0 amide bonds. The maximum atomic E-state index is 11.4. The Bertz CT molecular complexity index is 719. The first-order chi connectivity index (χ1) is 10.5. The fraction of sp³-hybridized carbons (Fsp3) is 0.600. The van der Waals surface area contributed by atoms with Gasteiger partial charge in [-0.15, -0.1) is 11.8 Å². The van der Waals surface area contributed by atoms with Gasteiger partial charge in [-0.1, -0.05) is 0 Å². The smallest absolute Gasteiger partial charge is 0.211 e. The van der Waals surface area contributed by atoms with Crippen molar-refractivity contribution in [1.82, 2.24) is 9.29 Å². The van der Waals surface area contributed by atoms with E-state index in [0.717, 1.165) is 29.3 Å². The lowest BCUT2D eigenvalue weighted by molar-refractivity contribution is 0.224. The van der Waals surface area contributed by atoms with Crippen molar-refractivity contribution >= 4 is 21.8 Å². The lowest BCUT2D eigenvalue weighted by atomic mass is 9.95. The largest absolute Gasteiger partial charge is 0.245 e. The molecule has 0 aromatic carbocycles. The first kappa shape index (κ1) is 15.8. The van der Waals surface area contributed by atoms with Crippen molar-refractivity contribution in [2.75, 3.05) is 25.1 Å². The molecule has 0 atom stereocenters. The monoisotopic (exact) mass is 337 g/mol. The molecule has 22 heavy (non-hydrogen) atoms. The maximum absolute atomic E-state index is 11.4. The van der Waals surface area contributed by atoms with Crippen LogP contribution in [0.5, 0.6) is 0 Å². The van der Waals surface area contributed by atoms with E-state index < -0.39 is 10.0 Å². The van der Waals surface area contributed by atoms with Gasteiger partial charge in [0.15, 0.2) is 0 Å². The van der Waals surface area contributed by atoms with Gasteiger partial charge >= 0.3 is 0 Å². The Balaban J connectivity index is 1.65. The molecule has 0 N–H and O–H groups in total. The molecule has 0 bridgehead atoms. The number of nitriles is 1. The summed E-state index contributed by atoms with van der Waals surface area (Å²) in [5.41, 5.74) is 3.02. The van der Waals surface area contributed by atoms with Gasteiger partial charge in [0.1, 0.15) is 11.1 Å². The third-order valence-corrected chi connectivity index (χ3v) is 6.69. The SMILES string of the molecule is CS(=O)(=O)N1CC(CSc2nc3c(cc2C#N)CCCC3)C1. The lowest BCUT2D eigenvalue weighted by Crippen LogP contribution is -2.50. The summed E-state index contributed by atoms with van der Waals surface area (Å²) in [6.07, 6.45) is 5.61. The van der Waals surface area contributed by atoms with E-state index in [9.17, 15) is 13.7 Å². The molecule has 1 aromatic rings. The Kier molecular flexibility index (Phi) is 4.44. The first-order valence-corrected chi connectivity index (χ1v) is 10.3. The summed E-state index contributed by atoms with van der Waals surface area (Å²) in [7, 11) is -3.05. The molecule has 0 radical (unpaired) electrons. The summed E-state index contributed by atoms with van der Waals surface area (Å²) in [4.78, 5) is 4.69. The van der Waals surface area contributed by atoms with Gasteiger partial charge in [-0.2, -0.15) is 5.26 Å². The van der Waals surface area contributed by atoms with Crippen LogP contribution in [0.3, 0.4) is 0 Å². The zero-order valence-corrected chi connectivity index (χ0v) is 14.2. The van der Waals surface area contributed by atoms with Crippen LogP contribution in [0.15, 0.2) is 11.1 Å². The molecule has 1 aliphatic carbocycles. The van der Waals surface area contributed by atoms with E-state index in [1.165, 1.54) is 29.0 Å². The highest BCUT2D eigenvalue weighted by Crippen LogP contribution is 2.30. The van der Waals surface area contributed by atoms with Crippen LogP contribution < -0.4 is 0 Å². The van der Waals surface area contributed by atoms with E-state index in [-0.39, 0.29) is 0 Å². The Labute approximate surface area is 135 Å². The van der Waals surface area contributed by atoms with Crippen LogP contribution in [0.1, 0.15) is 29.7 Å². The molecule has 0 spiro atoms. The number of rotatable bonds is 4. The van der Waals surface area contributed by atoms with Crippen molar-refractivity contribution in [3.63, 3.8) is 0 Å². The zero-order valence-electron chi connectivity index (χ0n) is 12.6. The van der Waals surface area contributed by atoms with Crippen molar-refractivity contribution in [3.05, 3.63) is 22.9 Å². The van der Waals surface area contributed by atoms with Crippen molar-refractivity contribution in [2.45, 2.75) is 30.7 Å². The molecule has 1 saturated heterocycles. The van der Waals surface area contributed by atoms with E-state index in [2.05, 4.69) is 6.07 Å². The number of fused-ring (bicyclic) bond motifs is 1. The van der Waals surface area contributed by atoms with Gasteiger partial charge in [-0.3, -0.25) is 0 Å². The Hall–Kier alpha value is -1.10. The van der Waals surface area contributed by atoms with Gasteiger partial charge in [0.2, 0.25) is 10.0 Å². The Morgan fingerprint density at radius 3 is 2.82 bits per heavy atom. The minimum atomic E-state index is -3.05. The number of aromatic nitrogens is 1. The summed E-state index contributed by atoms with van der Waals surface area (Å²) >= 11 is 1.59. The summed E-state index contributed by atoms with van der Waals surface area (Å²) in [5, 5.41) is 10.1. The Morgan fingerprint density at radius 2 is 2.14 bits per heavy atom. The summed E-state index contributed by atoms with van der Waals surface area (Å²) < 4.78 is 24.2. The van der Waals surface area contributed by atoms with Crippen molar-refractivity contribution in [1.29, 1.82) is 5.26 Å². The molecule has 0 unspecified atom stereocenters. The molecular weight excluding hydrogens is 318 g/mol. The fourth-order valence-electron chi connectivity index (χ4n) is 2.90. The number of sulfonamides is 1. The number of hydrogen-bond donors (Lipinski definition) is 0. The Morgan fingerprint density at radius 1 is 1.41 bits per heavy atom. The van der Waals surface area contributed by atoms with Crippen LogP contribution >= 0.6 is 11.8 Å². The lowest BCUT2D eigenvalue weighted by Gasteiger charge is -2.36. The topological polar surface area (TPSA) is 74.1 Å². The van der Waals surface area contributed by atoms with Crippen LogP contribution in [-0.4, -0.2) is 42.8 Å². The average molecular weight is 337 g/mol. The van der Waals surface area contributed by atoms with E-state index in [0.29, 0.717) is 24.6 Å². The van der Waals surface area contributed by atoms with Gasteiger partial charge in [-0.05, 0) is 43.2 Å². The predicted molar refractivity (Wildman–Crippen MR) is 86.2 cm³/mol. The molecular formula is C15H19N3O2S2. The van der Waals surface area contributed by atoms with Gasteiger partial charge in [-0.25, -0.2) is 17.7 Å². The molecule has 2 heterocycles. The van der Waals surface area contributed by atoms with Gasteiger partial charge in [0, 0.05) is 24.5 Å². The maximum Gasteiger partial charge on any atom is 0.211 e. The number of aryl methyl sites for hydroxylation is 2. The van der Waals surface area contributed by atoms with E-state index >= 15 is 0 Å². The molecule has 5 nitrogen and oxygen atoms in total. The molecule has 7 heteroatoms. The minimum absolute atomic E-state index is 0.351. The molecule has 1 aliphatic heterocycles. The second-order valence-electron chi connectivity index (χ2n) is 6.02. The first-order valence-electron chi connectivity index (χ1n) is 7.48. The fourth-order valence-corrected chi connectivity index (χ4v) is 4.90. The van der Waals surface area contributed by atoms with E-state index in [4.69, 9.17) is 4.98 Å². The number of hydrogen-bond acceptors (Lipinski definition) is 5. The average Bonchev–Trinajstić information content (AvgIpc) is 2.43. The van der Waals surface area contributed by atoms with Crippen LogP contribution in [0.4, 0.5) is 0 Å². The standard InChI is InChI=1S/C15H19N3O2S2/c1-22(19,20)18-8-11(9-18)10-21-15-13(7-16)6-12-4-2-3-5-14(12)17-15/h6,11H,2-5,8-10H2,1H3. The normalized spacial score (nSPS) is 19.3. The molecule has 1 aromatic heterocycles. The summed E-state index contributed by atoms with van der Waals surface area (Å²) in [6.45, 7) is 1.16. The highest BCUT2D eigenvalue weighted by atomic mass is 32.2. The third kappa shape index (κ3) is 3.29. The van der Waals surface area contributed by atoms with Crippen LogP contribution in [0.2, 0.25) is 0 Å². The van der Waals surface area contributed by atoms with Crippen molar-refractivity contribution < 1.29 is 8.42 Å². The van der Waals surface area contributed by atoms with Gasteiger partial charge in [0.05, 0.1) is 11.8 Å². The van der Waals surface area contributed by atoms with Gasteiger partial charge in [0.25, 0.3) is 0 Å². The van der Waals surface area contributed by atoms with E-state index in [1.54, 1.807) is 11.8 Å². The van der Waals surface area contributed by atoms with E-state index in [1.807, 2.05) is 6.07 Å². The molecule has 3 rings (SSSR count). The molecule has 1 fully saturated rings. The molecule has 118 valence electrons. The van der Waals surface area contributed by atoms with Crippen molar-refractivity contribution in [2.24, 2.45) is 5.92 Å². The van der Waals surface area contributed by atoms with Gasteiger partial charge < -0.3 is 0 Å². The molecule has 2 aliphatic rings. The highest BCUT2D eigenvalue weighted by Gasteiger charge is 2.33. The van der Waals surface area contributed by atoms with Crippen LogP contribution in [0.25, 0.3) is 0 Å². The van der Waals surface area contributed by atoms with Crippen LogP contribution in [0, 0.1) is 17.2 Å².